The summed E-state index contributed by atoms with van der Waals surface area (Å²) < 4.78 is 12.9. The average Bonchev–Trinajstić information content (AvgIpc) is 2.74. The molecule has 2 aromatic carbocycles. The van der Waals surface area contributed by atoms with Gasteiger partial charge in [0.25, 0.3) is 5.91 Å². The van der Waals surface area contributed by atoms with Gasteiger partial charge >= 0.3 is 0 Å². The summed E-state index contributed by atoms with van der Waals surface area (Å²) >= 11 is 0. The first-order chi connectivity index (χ1) is 13.7. The fourth-order valence-electron chi connectivity index (χ4n) is 2.99. The zero-order chi connectivity index (χ0) is 19.8. The largest absolute Gasteiger partial charge is 0.366 e. The van der Waals surface area contributed by atoms with Crippen molar-refractivity contribution in [3.8, 4) is 0 Å². The van der Waals surface area contributed by atoms with Gasteiger partial charge in [-0.15, -0.1) is 0 Å². The molecule has 0 fully saturated rings. The summed E-state index contributed by atoms with van der Waals surface area (Å²) in [6.45, 7) is 4.13. The number of hydrogen-bond acceptors (Lipinski definition) is 3. The first-order valence-corrected chi connectivity index (χ1v) is 9.42. The van der Waals surface area contributed by atoms with Gasteiger partial charge in [0, 0.05) is 25.8 Å². The Bertz CT molecular complexity index is 897. The van der Waals surface area contributed by atoms with Crippen LogP contribution in [0.15, 0.2) is 73.1 Å². The number of aromatic nitrogens is 1. The highest BCUT2D eigenvalue weighted by atomic mass is 19.1. The Morgan fingerprint density at radius 1 is 1.04 bits per heavy atom. The van der Waals surface area contributed by atoms with Crippen molar-refractivity contribution in [2.75, 3.05) is 18.0 Å². The number of carbonyl (C=O) groups excluding carboxylic acids is 1. The molecule has 0 saturated carbocycles. The summed E-state index contributed by atoms with van der Waals surface area (Å²) in [5, 5.41) is 2.90. The number of hydrogen-bond donors (Lipinski definition) is 1. The number of nitrogens with one attached hydrogen (secondary N) is 1. The highest BCUT2D eigenvalue weighted by Crippen LogP contribution is 2.17. The van der Waals surface area contributed by atoms with E-state index in [2.05, 4.69) is 34.3 Å². The van der Waals surface area contributed by atoms with Crippen molar-refractivity contribution in [2.45, 2.75) is 19.9 Å². The molecule has 5 heteroatoms. The van der Waals surface area contributed by atoms with Crippen LogP contribution in [0.4, 0.5) is 10.1 Å². The minimum atomic E-state index is -0.258. The van der Waals surface area contributed by atoms with E-state index in [1.54, 1.807) is 24.5 Å². The van der Waals surface area contributed by atoms with E-state index in [0.29, 0.717) is 18.5 Å². The van der Waals surface area contributed by atoms with Crippen LogP contribution in [0.2, 0.25) is 0 Å². The Balaban J connectivity index is 1.61. The lowest BCUT2D eigenvalue weighted by Crippen LogP contribution is -2.27. The molecule has 0 aliphatic carbocycles. The maximum absolute atomic E-state index is 12.9. The lowest BCUT2D eigenvalue weighted by atomic mass is 10.1. The predicted molar refractivity (Wildman–Crippen MR) is 110 cm³/mol. The van der Waals surface area contributed by atoms with Crippen LogP contribution in [0.1, 0.15) is 28.4 Å². The van der Waals surface area contributed by atoms with Gasteiger partial charge in [0.15, 0.2) is 0 Å². The second kappa shape index (κ2) is 9.65. The zero-order valence-corrected chi connectivity index (χ0v) is 15.9. The van der Waals surface area contributed by atoms with E-state index in [1.807, 2.05) is 24.3 Å². The van der Waals surface area contributed by atoms with E-state index in [9.17, 15) is 9.18 Å². The maximum atomic E-state index is 12.9. The van der Waals surface area contributed by atoms with Crippen LogP contribution < -0.4 is 10.2 Å². The third kappa shape index (κ3) is 5.39. The summed E-state index contributed by atoms with van der Waals surface area (Å²) in [7, 11) is 0. The third-order valence-electron chi connectivity index (χ3n) is 4.56. The Kier molecular flexibility index (Phi) is 6.73. The second-order valence-electron chi connectivity index (χ2n) is 6.56. The molecule has 4 nitrogen and oxygen atoms in total. The number of benzene rings is 2. The topological polar surface area (TPSA) is 45.2 Å². The molecule has 0 unspecified atom stereocenters. The third-order valence-corrected chi connectivity index (χ3v) is 4.56. The minimum absolute atomic E-state index is 0.160. The summed E-state index contributed by atoms with van der Waals surface area (Å²) in [5.41, 5.74) is 3.63. The maximum Gasteiger partial charge on any atom is 0.252 e. The molecule has 1 N–H and O–H groups in total. The van der Waals surface area contributed by atoms with E-state index in [-0.39, 0.29) is 11.7 Å². The van der Waals surface area contributed by atoms with Crippen molar-refractivity contribution in [2.24, 2.45) is 0 Å². The first kappa shape index (κ1) is 19.5. The molecule has 1 heterocycles. The fourth-order valence-corrected chi connectivity index (χ4v) is 2.99. The molecule has 1 amide bonds. The summed E-state index contributed by atoms with van der Waals surface area (Å²) in [5.74, 6) is -0.418. The molecule has 3 aromatic rings. The number of amides is 1. The highest BCUT2D eigenvalue weighted by Gasteiger charge is 2.11. The van der Waals surface area contributed by atoms with Gasteiger partial charge < -0.3 is 10.2 Å². The number of rotatable bonds is 8. The van der Waals surface area contributed by atoms with Gasteiger partial charge in [0.1, 0.15) is 5.82 Å². The van der Waals surface area contributed by atoms with Crippen molar-refractivity contribution in [3.63, 3.8) is 0 Å². The Morgan fingerprint density at radius 3 is 2.50 bits per heavy atom. The highest BCUT2D eigenvalue weighted by molar-refractivity contribution is 5.94. The molecular weight excluding hydrogens is 353 g/mol. The van der Waals surface area contributed by atoms with Crippen LogP contribution in [0.3, 0.4) is 0 Å². The van der Waals surface area contributed by atoms with Crippen molar-refractivity contribution >= 4 is 11.6 Å². The van der Waals surface area contributed by atoms with Gasteiger partial charge in [0.05, 0.1) is 17.4 Å². The van der Waals surface area contributed by atoms with Crippen LogP contribution >= 0.6 is 0 Å². The lowest BCUT2D eigenvalue weighted by molar-refractivity contribution is 0.0954. The average molecular weight is 377 g/mol. The van der Waals surface area contributed by atoms with Crippen molar-refractivity contribution in [1.29, 1.82) is 0 Å². The number of carbonyl (C=O) groups is 1. The summed E-state index contributed by atoms with van der Waals surface area (Å²) in [6, 6.07) is 18.4. The Labute approximate surface area is 165 Å². The molecule has 0 radical (unpaired) electrons. The molecule has 0 aliphatic rings. The number of anilines is 1. The number of nitrogens with zero attached hydrogens (tertiary/aromatic N) is 2. The number of pyridine rings is 1. The smallest absolute Gasteiger partial charge is 0.252 e. The van der Waals surface area contributed by atoms with Crippen molar-refractivity contribution in [3.05, 3.63) is 95.6 Å². The normalized spacial score (nSPS) is 10.5. The predicted octanol–water partition coefficient (Wildman–Crippen LogP) is 4.22. The molecule has 28 heavy (non-hydrogen) atoms. The van der Waals surface area contributed by atoms with E-state index < -0.39 is 0 Å². The first-order valence-electron chi connectivity index (χ1n) is 9.42. The Morgan fingerprint density at radius 2 is 1.79 bits per heavy atom. The van der Waals surface area contributed by atoms with Crippen LogP contribution in [0, 0.1) is 5.82 Å². The monoisotopic (exact) mass is 377 g/mol. The number of halogens is 1. The van der Waals surface area contributed by atoms with Crippen LogP contribution in [0.5, 0.6) is 0 Å². The molecule has 0 spiro atoms. The molecule has 0 bridgehead atoms. The van der Waals surface area contributed by atoms with Crippen LogP contribution in [-0.4, -0.2) is 24.0 Å². The van der Waals surface area contributed by atoms with Gasteiger partial charge in [0.2, 0.25) is 0 Å². The molecular formula is C23H24FN3O. The van der Waals surface area contributed by atoms with Gasteiger partial charge in [-0.3, -0.25) is 9.78 Å². The van der Waals surface area contributed by atoms with Crippen LogP contribution in [0.25, 0.3) is 0 Å². The standard InChI is InChI=1S/C23H24FN3O/c1-2-27(17-19-6-4-3-5-7-19)22-14-20(15-25-16-22)23(28)26-13-12-18-8-10-21(24)11-9-18/h3-11,14-16H,2,12-13,17H2,1H3,(H,26,28). The van der Waals surface area contributed by atoms with Gasteiger partial charge in [-0.1, -0.05) is 42.5 Å². The molecule has 1 aromatic heterocycles. The van der Waals surface area contributed by atoms with Crippen molar-refractivity contribution in [1.82, 2.24) is 10.3 Å². The SMILES string of the molecule is CCN(Cc1ccccc1)c1cncc(C(=O)NCCc2ccc(F)cc2)c1. The van der Waals surface area contributed by atoms with Gasteiger partial charge in [-0.25, -0.2) is 4.39 Å². The fraction of sp³-hybridized carbons (Fsp3) is 0.217. The van der Waals surface area contributed by atoms with E-state index in [1.165, 1.54) is 17.7 Å². The quantitative estimate of drug-likeness (QED) is 0.639. The molecule has 144 valence electrons. The van der Waals surface area contributed by atoms with Crippen molar-refractivity contribution < 1.29 is 9.18 Å². The minimum Gasteiger partial charge on any atom is -0.366 e. The lowest BCUT2D eigenvalue weighted by Gasteiger charge is -2.23. The summed E-state index contributed by atoms with van der Waals surface area (Å²) in [4.78, 5) is 18.9. The molecule has 0 saturated heterocycles. The van der Waals surface area contributed by atoms with E-state index in [0.717, 1.165) is 24.3 Å². The van der Waals surface area contributed by atoms with Gasteiger partial charge in [-0.2, -0.15) is 0 Å². The van der Waals surface area contributed by atoms with E-state index >= 15 is 0 Å². The second-order valence-corrected chi connectivity index (χ2v) is 6.56. The zero-order valence-electron chi connectivity index (χ0n) is 15.9. The van der Waals surface area contributed by atoms with E-state index in [4.69, 9.17) is 0 Å². The summed E-state index contributed by atoms with van der Waals surface area (Å²) in [6.07, 6.45) is 4.00. The molecule has 3 rings (SSSR count). The molecule has 0 atom stereocenters. The van der Waals surface area contributed by atoms with Crippen LogP contribution in [-0.2, 0) is 13.0 Å². The van der Waals surface area contributed by atoms with Gasteiger partial charge in [-0.05, 0) is 42.7 Å². The Hall–Kier alpha value is -3.21. The molecule has 0 aliphatic heterocycles.